The maximum absolute atomic E-state index is 10.7. The first-order valence-electron chi connectivity index (χ1n) is 5.13. The van der Waals surface area contributed by atoms with Crippen LogP contribution in [0.4, 0.5) is 4.79 Å². The molecule has 1 aromatic rings. The molecule has 15 heavy (non-hydrogen) atoms. The van der Waals surface area contributed by atoms with Gasteiger partial charge in [0.2, 0.25) is 0 Å². The predicted molar refractivity (Wildman–Crippen MR) is 52.0 cm³/mol. The molecule has 1 aliphatic carbocycles. The van der Waals surface area contributed by atoms with E-state index in [2.05, 4.69) is 15.4 Å². The second-order valence-electron chi connectivity index (χ2n) is 3.68. The lowest BCUT2D eigenvalue weighted by molar-refractivity contribution is 0.0953. The van der Waals surface area contributed by atoms with Crippen LogP contribution in [0.3, 0.4) is 0 Å². The van der Waals surface area contributed by atoms with Crippen molar-refractivity contribution in [3.63, 3.8) is 0 Å². The van der Waals surface area contributed by atoms with Gasteiger partial charge >= 0.3 is 6.09 Å². The van der Waals surface area contributed by atoms with Gasteiger partial charge in [-0.2, -0.15) is 15.4 Å². The number of carbonyl (C=O) groups excluding carboxylic acids is 1. The normalized spacial score (nSPS) is 21.2. The van der Waals surface area contributed by atoms with Crippen LogP contribution in [-0.2, 0) is 11.2 Å². The van der Waals surface area contributed by atoms with Crippen LogP contribution < -0.4 is 5.73 Å². The van der Waals surface area contributed by atoms with Crippen molar-refractivity contribution in [2.45, 2.75) is 38.2 Å². The molecule has 1 atom stereocenters. The lowest BCUT2D eigenvalue weighted by Gasteiger charge is -2.17. The van der Waals surface area contributed by atoms with Gasteiger partial charge in [-0.15, -0.1) is 0 Å². The minimum atomic E-state index is -0.755. The van der Waals surface area contributed by atoms with Gasteiger partial charge in [-0.25, -0.2) is 4.79 Å². The minimum absolute atomic E-state index is 0.337. The lowest BCUT2D eigenvalue weighted by Crippen LogP contribution is -2.19. The SMILES string of the molecule is NC(=O)O[C@H]1CCCCCc2n[nH]nc21. The molecule has 1 heterocycles. The summed E-state index contributed by atoms with van der Waals surface area (Å²) >= 11 is 0. The first kappa shape index (κ1) is 9.95. The van der Waals surface area contributed by atoms with E-state index in [0.29, 0.717) is 0 Å². The van der Waals surface area contributed by atoms with Crippen LogP contribution in [0.15, 0.2) is 0 Å². The molecule has 1 amide bonds. The highest BCUT2D eigenvalue weighted by Crippen LogP contribution is 2.27. The number of carbonyl (C=O) groups is 1. The maximum atomic E-state index is 10.7. The van der Waals surface area contributed by atoms with Crippen molar-refractivity contribution in [3.8, 4) is 0 Å². The number of nitrogens with one attached hydrogen (secondary N) is 1. The molecule has 0 radical (unpaired) electrons. The number of amides is 1. The highest BCUT2D eigenvalue weighted by atomic mass is 16.6. The van der Waals surface area contributed by atoms with Gasteiger partial charge in [0.05, 0.1) is 5.69 Å². The van der Waals surface area contributed by atoms with Crippen LogP contribution in [0.25, 0.3) is 0 Å². The van der Waals surface area contributed by atoms with Crippen LogP contribution in [0, 0.1) is 0 Å². The Morgan fingerprint density at radius 2 is 2.27 bits per heavy atom. The van der Waals surface area contributed by atoms with Gasteiger partial charge in [-0.1, -0.05) is 6.42 Å². The maximum Gasteiger partial charge on any atom is 0.405 e. The second kappa shape index (κ2) is 4.29. The summed E-state index contributed by atoms with van der Waals surface area (Å²) in [6, 6.07) is 0. The van der Waals surface area contributed by atoms with E-state index >= 15 is 0 Å². The number of aromatic amines is 1. The number of aryl methyl sites for hydroxylation is 1. The number of aromatic nitrogens is 3. The van der Waals surface area contributed by atoms with Crippen LogP contribution in [0.2, 0.25) is 0 Å². The molecule has 2 rings (SSSR count). The molecule has 0 aromatic carbocycles. The zero-order chi connectivity index (χ0) is 10.7. The van der Waals surface area contributed by atoms with Crippen molar-refractivity contribution in [2.75, 3.05) is 0 Å². The fourth-order valence-corrected chi connectivity index (χ4v) is 1.89. The fourth-order valence-electron chi connectivity index (χ4n) is 1.89. The van der Waals surface area contributed by atoms with Crippen LogP contribution in [-0.4, -0.2) is 21.5 Å². The first-order chi connectivity index (χ1) is 7.27. The summed E-state index contributed by atoms with van der Waals surface area (Å²) in [6.07, 6.45) is 3.79. The van der Waals surface area contributed by atoms with Crippen molar-refractivity contribution in [3.05, 3.63) is 11.4 Å². The average molecular weight is 210 g/mol. The van der Waals surface area contributed by atoms with Gasteiger partial charge in [0.15, 0.2) is 0 Å². The molecule has 0 aliphatic heterocycles. The summed E-state index contributed by atoms with van der Waals surface area (Å²) < 4.78 is 5.03. The molecule has 1 aliphatic rings. The molecule has 0 saturated heterocycles. The Labute approximate surface area is 87.2 Å². The highest BCUT2D eigenvalue weighted by molar-refractivity contribution is 5.65. The van der Waals surface area contributed by atoms with Gasteiger partial charge in [-0.3, -0.25) is 0 Å². The van der Waals surface area contributed by atoms with Crippen molar-refractivity contribution < 1.29 is 9.53 Å². The fraction of sp³-hybridized carbons (Fsp3) is 0.667. The molecule has 3 N–H and O–H groups in total. The zero-order valence-electron chi connectivity index (χ0n) is 8.40. The van der Waals surface area contributed by atoms with Crippen molar-refractivity contribution >= 4 is 6.09 Å². The molecule has 82 valence electrons. The third-order valence-corrected chi connectivity index (χ3v) is 2.59. The molecule has 1 aromatic heterocycles. The number of rotatable bonds is 1. The number of H-pyrrole nitrogens is 1. The van der Waals surface area contributed by atoms with E-state index < -0.39 is 6.09 Å². The molecule has 0 saturated carbocycles. The molecule has 6 nitrogen and oxygen atoms in total. The van der Waals surface area contributed by atoms with E-state index in [0.717, 1.165) is 43.5 Å². The number of hydrogen-bond donors (Lipinski definition) is 2. The molecular formula is C9H14N4O2. The Kier molecular flexibility index (Phi) is 2.84. The van der Waals surface area contributed by atoms with E-state index in [1.54, 1.807) is 0 Å². The van der Waals surface area contributed by atoms with Gasteiger partial charge in [-0.05, 0) is 25.7 Å². The van der Waals surface area contributed by atoms with Gasteiger partial charge in [0.25, 0.3) is 0 Å². The summed E-state index contributed by atoms with van der Waals surface area (Å²) in [5.41, 5.74) is 6.64. The number of primary amides is 1. The number of nitrogens with zero attached hydrogens (tertiary/aromatic N) is 2. The Morgan fingerprint density at radius 3 is 3.07 bits per heavy atom. The molecule has 0 spiro atoms. The third kappa shape index (κ3) is 2.26. The number of nitrogens with two attached hydrogens (primary N) is 1. The Morgan fingerprint density at radius 1 is 1.40 bits per heavy atom. The molecule has 0 fully saturated rings. The largest absolute Gasteiger partial charge is 0.440 e. The Hall–Kier alpha value is -1.59. The molecular weight excluding hydrogens is 196 g/mol. The van der Waals surface area contributed by atoms with Crippen molar-refractivity contribution in [1.82, 2.24) is 15.4 Å². The number of ether oxygens (including phenoxy) is 1. The van der Waals surface area contributed by atoms with E-state index in [4.69, 9.17) is 10.5 Å². The van der Waals surface area contributed by atoms with Gasteiger partial charge < -0.3 is 10.5 Å². The third-order valence-electron chi connectivity index (χ3n) is 2.59. The summed E-state index contributed by atoms with van der Waals surface area (Å²) in [5.74, 6) is 0. The Balaban J connectivity index is 2.20. The second-order valence-corrected chi connectivity index (χ2v) is 3.68. The quantitative estimate of drug-likeness (QED) is 0.724. The van der Waals surface area contributed by atoms with Crippen molar-refractivity contribution in [1.29, 1.82) is 0 Å². The summed E-state index contributed by atoms with van der Waals surface area (Å²) in [5, 5.41) is 10.6. The van der Waals surface area contributed by atoms with Crippen LogP contribution >= 0.6 is 0 Å². The van der Waals surface area contributed by atoms with Crippen molar-refractivity contribution in [2.24, 2.45) is 5.73 Å². The Bertz CT molecular complexity index is 350. The highest BCUT2D eigenvalue weighted by Gasteiger charge is 2.23. The number of fused-ring (bicyclic) bond motifs is 1. The number of hydrogen-bond acceptors (Lipinski definition) is 4. The van der Waals surface area contributed by atoms with Gasteiger partial charge in [0, 0.05) is 0 Å². The summed E-state index contributed by atoms with van der Waals surface area (Å²) in [7, 11) is 0. The van der Waals surface area contributed by atoms with Gasteiger partial charge in [0.1, 0.15) is 11.8 Å². The van der Waals surface area contributed by atoms with E-state index in [1.165, 1.54) is 0 Å². The van der Waals surface area contributed by atoms with E-state index in [1.807, 2.05) is 0 Å². The predicted octanol–water partition coefficient (Wildman–Crippen LogP) is 1.06. The minimum Gasteiger partial charge on any atom is -0.440 e. The van der Waals surface area contributed by atoms with E-state index in [-0.39, 0.29) is 6.10 Å². The van der Waals surface area contributed by atoms with Crippen LogP contribution in [0.1, 0.15) is 43.2 Å². The summed E-state index contributed by atoms with van der Waals surface area (Å²) in [6.45, 7) is 0. The monoisotopic (exact) mass is 210 g/mol. The topological polar surface area (TPSA) is 93.9 Å². The van der Waals surface area contributed by atoms with E-state index in [9.17, 15) is 4.79 Å². The van der Waals surface area contributed by atoms with Crippen LogP contribution in [0.5, 0.6) is 0 Å². The molecule has 0 unspecified atom stereocenters. The zero-order valence-corrected chi connectivity index (χ0v) is 8.40. The smallest absolute Gasteiger partial charge is 0.405 e. The summed E-state index contributed by atoms with van der Waals surface area (Å²) in [4.78, 5) is 10.7. The standard InChI is InChI=1S/C9H14N4O2/c10-9(14)15-7-5-3-1-2-4-6-8(7)12-13-11-6/h7H,1-5H2,(H2,10,14)(H,11,12,13)/t7-/m0/s1. The molecule has 6 heteroatoms. The first-order valence-corrected chi connectivity index (χ1v) is 5.13. The average Bonchev–Trinajstić information content (AvgIpc) is 2.59. The molecule has 0 bridgehead atoms. The lowest BCUT2D eigenvalue weighted by atomic mass is 9.99.